The molecule has 0 spiro atoms. The van der Waals surface area contributed by atoms with Crippen molar-refractivity contribution in [1.29, 1.82) is 0 Å². The Kier molecular flexibility index (Phi) is 6.59. The lowest BCUT2D eigenvalue weighted by molar-refractivity contribution is -0.128. The van der Waals surface area contributed by atoms with Gasteiger partial charge in [-0.25, -0.2) is 0 Å². The molecule has 0 N–H and O–H groups in total. The highest BCUT2D eigenvalue weighted by molar-refractivity contribution is 5.73. The quantitative estimate of drug-likeness (QED) is 0.622. The van der Waals surface area contributed by atoms with Crippen LogP contribution in [-0.4, -0.2) is 48.4 Å². The van der Waals surface area contributed by atoms with Crippen LogP contribution < -0.4 is 0 Å². The molecule has 0 aliphatic carbocycles. The number of likely N-dealkylation sites (N-methyl/N-ethyl adjacent to an activating group) is 2. The number of amides is 1. The van der Waals surface area contributed by atoms with E-state index in [1.807, 2.05) is 11.8 Å². The standard InChI is InChI=1S/C10H22N2O/c1-5-11(6-2)8-9-12(7-3)10(4)13/h5-9H2,1-4H3. The van der Waals surface area contributed by atoms with Gasteiger partial charge in [0.1, 0.15) is 0 Å². The number of hydrogen-bond acceptors (Lipinski definition) is 2. The fourth-order valence-corrected chi connectivity index (χ4v) is 1.34. The topological polar surface area (TPSA) is 23.6 Å². The first-order valence-corrected chi connectivity index (χ1v) is 5.13. The zero-order valence-electron chi connectivity index (χ0n) is 9.34. The van der Waals surface area contributed by atoms with E-state index in [0.717, 1.165) is 32.7 Å². The average Bonchev–Trinajstić information content (AvgIpc) is 2.12. The van der Waals surface area contributed by atoms with Crippen molar-refractivity contribution in [3.8, 4) is 0 Å². The maximum absolute atomic E-state index is 11.1. The molecule has 0 saturated heterocycles. The van der Waals surface area contributed by atoms with Gasteiger partial charge in [-0.2, -0.15) is 0 Å². The summed E-state index contributed by atoms with van der Waals surface area (Å²) in [6, 6.07) is 0. The average molecular weight is 186 g/mol. The number of hydrogen-bond donors (Lipinski definition) is 0. The zero-order chi connectivity index (χ0) is 10.3. The Hall–Kier alpha value is -0.570. The summed E-state index contributed by atoms with van der Waals surface area (Å²) in [6.45, 7) is 12.7. The van der Waals surface area contributed by atoms with Crippen LogP contribution in [0.4, 0.5) is 0 Å². The molecule has 13 heavy (non-hydrogen) atoms. The largest absolute Gasteiger partial charge is 0.342 e. The third-order valence-electron chi connectivity index (χ3n) is 2.41. The van der Waals surface area contributed by atoms with Crippen molar-refractivity contribution in [3.05, 3.63) is 0 Å². The Bertz CT molecular complexity index is 144. The monoisotopic (exact) mass is 186 g/mol. The molecular weight excluding hydrogens is 164 g/mol. The van der Waals surface area contributed by atoms with Gasteiger partial charge in [0.2, 0.25) is 5.91 Å². The van der Waals surface area contributed by atoms with Crippen molar-refractivity contribution >= 4 is 5.91 Å². The number of nitrogens with zero attached hydrogens (tertiary/aromatic N) is 2. The Labute approximate surface area is 81.7 Å². The number of carbonyl (C=O) groups is 1. The molecule has 3 heteroatoms. The Morgan fingerprint density at radius 3 is 1.85 bits per heavy atom. The van der Waals surface area contributed by atoms with Crippen LogP contribution in [0.15, 0.2) is 0 Å². The van der Waals surface area contributed by atoms with Gasteiger partial charge >= 0.3 is 0 Å². The molecule has 0 aromatic rings. The summed E-state index contributed by atoms with van der Waals surface area (Å²) in [5.41, 5.74) is 0. The molecule has 0 fully saturated rings. The molecule has 0 rings (SSSR count). The first kappa shape index (κ1) is 12.4. The van der Waals surface area contributed by atoms with Gasteiger partial charge in [0.05, 0.1) is 0 Å². The van der Waals surface area contributed by atoms with Crippen molar-refractivity contribution in [2.75, 3.05) is 32.7 Å². The van der Waals surface area contributed by atoms with E-state index in [1.165, 1.54) is 0 Å². The van der Waals surface area contributed by atoms with Crippen LogP contribution in [0, 0.1) is 0 Å². The summed E-state index contributed by atoms with van der Waals surface area (Å²) >= 11 is 0. The molecule has 0 radical (unpaired) electrons. The summed E-state index contributed by atoms with van der Waals surface area (Å²) in [5, 5.41) is 0. The van der Waals surface area contributed by atoms with E-state index in [-0.39, 0.29) is 5.91 Å². The summed E-state index contributed by atoms with van der Waals surface area (Å²) in [6.07, 6.45) is 0. The smallest absolute Gasteiger partial charge is 0.219 e. The van der Waals surface area contributed by atoms with Gasteiger partial charge in [0.15, 0.2) is 0 Å². The van der Waals surface area contributed by atoms with E-state index < -0.39 is 0 Å². The van der Waals surface area contributed by atoms with E-state index in [2.05, 4.69) is 18.7 Å². The van der Waals surface area contributed by atoms with Crippen molar-refractivity contribution < 1.29 is 4.79 Å². The van der Waals surface area contributed by atoms with E-state index in [0.29, 0.717) is 0 Å². The highest BCUT2D eigenvalue weighted by atomic mass is 16.2. The predicted octanol–water partition coefficient (Wildman–Crippen LogP) is 1.20. The fraction of sp³-hybridized carbons (Fsp3) is 0.900. The minimum atomic E-state index is 0.176. The van der Waals surface area contributed by atoms with Crippen molar-refractivity contribution in [3.63, 3.8) is 0 Å². The molecule has 0 heterocycles. The summed E-state index contributed by atoms with van der Waals surface area (Å²) in [4.78, 5) is 15.3. The Morgan fingerprint density at radius 1 is 1.00 bits per heavy atom. The van der Waals surface area contributed by atoms with Crippen LogP contribution in [0.1, 0.15) is 27.7 Å². The molecule has 0 aromatic heterocycles. The molecule has 0 aliphatic heterocycles. The third-order valence-corrected chi connectivity index (χ3v) is 2.41. The van der Waals surface area contributed by atoms with Gasteiger partial charge in [-0.05, 0) is 20.0 Å². The SMILES string of the molecule is CCN(CC)CCN(CC)C(C)=O. The van der Waals surface area contributed by atoms with Gasteiger partial charge in [0.25, 0.3) is 0 Å². The highest BCUT2D eigenvalue weighted by Gasteiger charge is 2.06. The molecule has 1 amide bonds. The predicted molar refractivity (Wildman–Crippen MR) is 55.7 cm³/mol. The van der Waals surface area contributed by atoms with Crippen LogP contribution in [0.5, 0.6) is 0 Å². The second-order valence-electron chi connectivity index (χ2n) is 3.13. The molecule has 0 bridgehead atoms. The lowest BCUT2D eigenvalue weighted by Gasteiger charge is -2.24. The summed E-state index contributed by atoms with van der Waals surface area (Å²) in [7, 11) is 0. The molecule has 0 atom stereocenters. The molecule has 0 aliphatic rings. The lowest BCUT2D eigenvalue weighted by Crippen LogP contribution is -2.37. The third kappa shape index (κ3) is 4.88. The Morgan fingerprint density at radius 2 is 1.54 bits per heavy atom. The van der Waals surface area contributed by atoms with Gasteiger partial charge in [-0.3, -0.25) is 4.79 Å². The van der Waals surface area contributed by atoms with Gasteiger partial charge in [-0.15, -0.1) is 0 Å². The minimum absolute atomic E-state index is 0.176. The van der Waals surface area contributed by atoms with Gasteiger partial charge in [-0.1, -0.05) is 13.8 Å². The molecule has 3 nitrogen and oxygen atoms in total. The molecule has 0 aromatic carbocycles. The minimum Gasteiger partial charge on any atom is -0.342 e. The van der Waals surface area contributed by atoms with Crippen LogP contribution in [0.3, 0.4) is 0 Å². The van der Waals surface area contributed by atoms with Crippen molar-refractivity contribution in [2.45, 2.75) is 27.7 Å². The normalized spacial score (nSPS) is 10.5. The summed E-state index contributed by atoms with van der Waals surface area (Å²) in [5.74, 6) is 0.176. The van der Waals surface area contributed by atoms with E-state index in [9.17, 15) is 4.79 Å². The van der Waals surface area contributed by atoms with Crippen LogP contribution in [-0.2, 0) is 4.79 Å². The van der Waals surface area contributed by atoms with Gasteiger partial charge in [0, 0.05) is 26.6 Å². The van der Waals surface area contributed by atoms with Gasteiger partial charge < -0.3 is 9.80 Å². The van der Waals surface area contributed by atoms with E-state index >= 15 is 0 Å². The Balaban J connectivity index is 3.76. The van der Waals surface area contributed by atoms with Crippen molar-refractivity contribution in [1.82, 2.24) is 9.80 Å². The summed E-state index contributed by atoms with van der Waals surface area (Å²) < 4.78 is 0. The molecule has 78 valence electrons. The zero-order valence-corrected chi connectivity index (χ0v) is 9.34. The second kappa shape index (κ2) is 6.89. The molecular formula is C10H22N2O. The van der Waals surface area contributed by atoms with E-state index in [4.69, 9.17) is 0 Å². The van der Waals surface area contributed by atoms with Crippen molar-refractivity contribution in [2.24, 2.45) is 0 Å². The molecule has 0 saturated carbocycles. The maximum atomic E-state index is 11.1. The molecule has 0 unspecified atom stereocenters. The van der Waals surface area contributed by atoms with E-state index in [1.54, 1.807) is 6.92 Å². The second-order valence-corrected chi connectivity index (χ2v) is 3.13. The van der Waals surface area contributed by atoms with Crippen LogP contribution in [0.2, 0.25) is 0 Å². The van der Waals surface area contributed by atoms with Crippen LogP contribution in [0.25, 0.3) is 0 Å². The first-order valence-electron chi connectivity index (χ1n) is 5.13. The highest BCUT2D eigenvalue weighted by Crippen LogP contribution is 1.92. The number of carbonyl (C=O) groups excluding carboxylic acids is 1. The lowest BCUT2D eigenvalue weighted by atomic mass is 10.4. The maximum Gasteiger partial charge on any atom is 0.219 e. The first-order chi connectivity index (χ1) is 6.15. The fourth-order valence-electron chi connectivity index (χ4n) is 1.34. The number of rotatable bonds is 6. The van der Waals surface area contributed by atoms with Crippen LogP contribution >= 0.6 is 0 Å².